The Morgan fingerprint density at radius 2 is 2.21 bits per heavy atom. The molecule has 1 N–H and O–H groups in total. The van der Waals surface area contributed by atoms with Crippen molar-refractivity contribution in [2.45, 2.75) is 32.7 Å². The van der Waals surface area contributed by atoms with Crippen molar-refractivity contribution in [1.82, 2.24) is 20.1 Å². The molecule has 0 aliphatic rings. The summed E-state index contributed by atoms with van der Waals surface area (Å²) in [4.78, 5) is 17.3. The van der Waals surface area contributed by atoms with Crippen LogP contribution in [0.15, 0.2) is 6.33 Å². The molecule has 1 amide bonds. The van der Waals surface area contributed by atoms with Gasteiger partial charge in [-0.1, -0.05) is 13.8 Å². The highest BCUT2D eigenvalue weighted by Crippen LogP contribution is 2.08. The van der Waals surface area contributed by atoms with Crippen molar-refractivity contribution < 1.29 is 4.79 Å². The second kappa shape index (κ2) is 4.74. The average molecular weight is 196 g/mol. The Hall–Kier alpha value is -1.39. The summed E-state index contributed by atoms with van der Waals surface area (Å²) in [6, 6.07) is 0.271. The zero-order chi connectivity index (χ0) is 10.6. The molecule has 1 heterocycles. The second-order valence-corrected chi connectivity index (χ2v) is 3.22. The highest BCUT2D eigenvalue weighted by Gasteiger charge is 2.19. The van der Waals surface area contributed by atoms with Crippen LogP contribution in [-0.2, 0) is 0 Å². The lowest BCUT2D eigenvalue weighted by atomic mass is 10.1. The van der Waals surface area contributed by atoms with Crippen LogP contribution in [-0.4, -0.2) is 39.1 Å². The van der Waals surface area contributed by atoms with E-state index in [-0.39, 0.29) is 11.9 Å². The lowest BCUT2D eigenvalue weighted by molar-refractivity contribution is 0.0712. The Labute approximate surface area is 83.5 Å². The van der Waals surface area contributed by atoms with Crippen LogP contribution in [0.3, 0.4) is 0 Å². The number of hydrogen-bond acceptors (Lipinski definition) is 3. The number of nitrogens with one attached hydrogen (secondary N) is 1. The van der Waals surface area contributed by atoms with E-state index in [1.54, 1.807) is 11.9 Å². The first kappa shape index (κ1) is 10.7. The standard InChI is InChI=1S/C9H16N4O/c1-4-7(5-2)13(3)9(14)8-10-6-11-12-8/h6-7H,4-5H2,1-3H3,(H,10,11,12). The number of H-pyrrole nitrogens is 1. The molecule has 0 saturated carbocycles. The summed E-state index contributed by atoms with van der Waals surface area (Å²) in [7, 11) is 1.79. The summed E-state index contributed by atoms with van der Waals surface area (Å²) >= 11 is 0. The number of carbonyl (C=O) groups is 1. The zero-order valence-corrected chi connectivity index (χ0v) is 8.82. The maximum atomic E-state index is 11.8. The van der Waals surface area contributed by atoms with Crippen molar-refractivity contribution in [2.24, 2.45) is 0 Å². The van der Waals surface area contributed by atoms with E-state index in [4.69, 9.17) is 0 Å². The van der Waals surface area contributed by atoms with Crippen molar-refractivity contribution in [3.63, 3.8) is 0 Å². The minimum atomic E-state index is -0.101. The van der Waals surface area contributed by atoms with Crippen LogP contribution in [0.1, 0.15) is 37.3 Å². The Kier molecular flexibility index (Phi) is 3.62. The van der Waals surface area contributed by atoms with Gasteiger partial charge in [0.2, 0.25) is 5.82 Å². The summed E-state index contributed by atoms with van der Waals surface area (Å²) < 4.78 is 0. The average Bonchev–Trinajstić information content (AvgIpc) is 2.71. The summed E-state index contributed by atoms with van der Waals surface area (Å²) in [6.07, 6.45) is 3.24. The second-order valence-electron chi connectivity index (χ2n) is 3.22. The van der Waals surface area contributed by atoms with Crippen molar-refractivity contribution in [1.29, 1.82) is 0 Å². The molecule has 0 saturated heterocycles. The van der Waals surface area contributed by atoms with Crippen molar-refractivity contribution >= 4 is 5.91 Å². The van der Waals surface area contributed by atoms with Crippen LogP contribution in [0, 0.1) is 0 Å². The number of rotatable bonds is 4. The molecule has 0 aliphatic heterocycles. The third kappa shape index (κ3) is 2.10. The fourth-order valence-corrected chi connectivity index (χ4v) is 1.48. The van der Waals surface area contributed by atoms with Gasteiger partial charge in [0, 0.05) is 13.1 Å². The van der Waals surface area contributed by atoms with Gasteiger partial charge in [0.15, 0.2) is 0 Å². The van der Waals surface area contributed by atoms with E-state index in [1.165, 1.54) is 6.33 Å². The first-order valence-electron chi connectivity index (χ1n) is 4.83. The van der Waals surface area contributed by atoms with Crippen LogP contribution >= 0.6 is 0 Å². The predicted octanol–water partition coefficient (Wildman–Crippen LogP) is 1.07. The Balaban J connectivity index is 2.69. The number of aromatic nitrogens is 3. The van der Waals surface area contributed by atoms with Gasteiger partial charge in [0.1, 0.15) is 6.33 Å². The highest BCUT2D eigenvalue weighted by atomic mass is 16.2. The SMILES string of the molecule is CCC(CC)N(C)C(=O)c1ncn[nH]1. The largest absolute Gasteiger partial charge is 0.336 e. The molecule has 0 radical (unpaired) electrons. The third-order valence-corrected chi connectivity index (χ3v) is 2.43. The van der Waals surface area contributed by atoms with Crippen LogP contribution in [0.2, 0.25) is 0 Å². The molecule has 78 valence electrons. The molecule has 1 rings (SSSR count). The molecule has 1 aromatic rings. The maximum Gasteiger partial charge on any atom is 0.291 e. The highest BCUT2D eigenvalue weighted by molar-refractivity contribution is 5.90. The first-order valence-corrected chi connectivity index (χ1v) is 4.83. The van der Waals surface area contributed by atoms with Crippen LogP contribution < -0.4 is 0 Å². The monoisotopic (exact) mass is 196 g/mol. The topological polar surface area (TPSA) is 61.9 Å². The molecule has 0 aliphatic carbocycles. The van der Waals surface area contributed by atoms with E-state index >= 15 is 0 Å². The fourth-order valence-electron chi connectivity index (χ4n) is 1.48. The number of carbonyl (C=O) groups excluding carboxylic acids is 1. The van der Waals surface area contributed by atoms with E-state index in [9.17, 15) is 4.79 Å². The van der Waals surface area contributed by atoms with Gasteiger partial charge in [-0.05, 0) is 12.8 Å². The molecule has 0 spiro atoms. The van der Waals surface area contributed by atoms with Crippen LogP contribution in [0.25, 0.3) is 0 Å². The van der Waals surface area contributed by atoms with Gasteiger partial charge in [-0.2, -0.15) is 5.10 Å². The normalized spacial score (nSPS) is 10.6. The van der Waals surface area contributed by atoms with Gasteiger partial charge in [-0.25, -0.2) is 4.98 Å². The molecule has 0 atom stereocenters. The minimum Gasteiger partial charge on any atom is -0.336 e. The molecule has 5 heteroatoms. The van der Waals surface area contributed by atoms with Gasteiger partial charge in [-0.15, -0.1) is 0 Å². The third-order valence-electron chi connectivity index (χ3n) is 2.43. The molecule has 0 fully saturated rings. The van der Waals surface area contributed by atoms with Gasteiger partial charge in [0.05, 0.1) is 0 Å². The van der Waals surface area contributed by atoms with Crippen molar-refractivity contribution in [2.75, 3.05) is 7.05 Å². The quantitative estimate of drug-likeness (QED) is 0.783. The summed E-state index contributed by atoms with van der Waals surface area (Å²) in [6.45, 7) is 4.14. The predicted molar refractivity (Wildman–Crippen MR) is 52.8 cm³/mol. The van der Waals surface area contributed by atoms with Gasteiger partial charge in [0.25, 0.3) is 5.91 Å². The van der Waals surface area contributed by atoms with E-state index in [0.717, 1.165) is 12.8 Å². The molecule has 5 nitrogen and oxygen atoms in total. The van der Waals surface area contributed by atoms with Crippen molar-refractivity contribution in [3.05, 3.63) is 12.2 Å². The van der Waals surface area contributed by atoms with Gasteiger partial charge >= 0.3 is 0 Å². The van der Waals surface area contributed by atoms with Crippen molar-refractivity contribution in [3.8, 4) is 0 Å². The lowest BCUT2D eigenvalue weighted by Crippen LogP contribution is -2.36. The summed E-state index contributed by atoms with van der Waals surface area (Å²) in [5.41, 5.74) is 0. The first-order chi connectivity index (χ1) is 6.70. The molecule has 0 bridgehead atoms. The summed E-state index contributed by atoms with van der Waals surface area (Å²) in [5, 5.41) is 6.22. The van der Waals surface area contributed by atoms with Crippen LogP contribution in [0.5, 0.6) is 0 Å². The van der Waals surface area contributed by atoms with E-state index in [0.29, 0.717) is 5.82 Å². The Morgan fingerprint density at radius 3 is 2.64 bits per heavy atom. The number of hydrogen-bond donors (Lipinski definition) is 1. The summed E-state index contributed by atoms with van der Waals surface area (Å²) in [5.74, 6) is 0.204. The Morgan fingerprint density at radius 1 is 1.57 bits per heavy atom. The molecule has 1 aromatic heterocycles. The fraction of sp³-hybridized carbons (Fsp3) is 0.667. The minimum absolute atomic E-state index is 0.101. The Bertz CT molecular complexity index is 279. The molecule has 14 heavy (non-hydrogen) atoms. The molecular formula is C9H16N4O. The number of nitrogens with zero attached hydrogens (tertiary/aromatic N) is 3. The maximum absolute atomic E-state index is 11.8. The van der Waals surface area contributed by atoms with E-state index in [2.05, 4.69) is 29.0 Å². The smallest absolute Gasteiger partial charge is 0.291 e. The zero-order valence-electron chi connectivity index (χ0n) is 8.82. The van der Waals surface area contributed by atoms with Gasteiger partial charge < -0.3 is 4.90 Å². The van der Waals surface area contributed by atoms with E-state index in [1.807, 2.05) is 0 Å². The molecule has 0 unspecified atom stereocenters. The van der Waals surface area contributed by atoms with Crippen LogP contribution in [0.4, 0.5) is 0 Å². The van der Waals surface area contributed by atoms with E-state index < -0.39 is 0 Å². The lowest BCUT2D eigenvalue weighted by Gasteiger charge is -2.25. The molecule has 0 aromatic carbocycles. The van der Waals surface area contributed by atoms with Gasteiger partial charge in [-0.3, -0.25) is 9.89 Å². The molecular weight excluding hydrogens is 180 g/mol. The number of aromatic amines is 1. The number of amides is 1.